The topological polar surface area (TPSA) is 231 Å². The molecule has 5 N–H and O–H groups in total. The molecule has 0 spiro atoms. The summed E-state index contributed by atoms with van der Waals surface area (Å²) in [5.74, 6) is 0.391. The molecule has 6 atom stereocenters. The standard InChI is InChI=1S/C58H71N11O8S/c1-34(2)54(58(73)68-32-42(70)25-49(68)57(72)62-35(3)37-10-12-38(13-11-37)55-36(4)61-33-78-55)51-29-53(65-77-51)74-23-7-20-66-21-17-43(18-22-66)75-44-26-45(27-44)76-52-24-39(16-19-60-52)69-40-14-15-41(69)31-67(30-40)48-28-47(63-64-56(48)59)46-8-5-6-9-50(46)71/h5-6,8-13,16,19,24,28-29,33-35,40-45,49,54,70-71H,7,14-15,17-18,20-23,25-27,30-32H2,1-4H3,(H2,59,64)(H,62,72)/t35-,40+,41?,42+,44?,45?,49-,54+/m0/s1. The molecule has 11 rings (SSSR count). The summed E-state index contributed by atoms with van der Waals surface area (Å²) in [5.41, 5.74) is 14.4. The lowest BCUT2D eigenvalue weighted by Gasteiger charge is -2.43. The average Bonchev–Trinajstić information content (AvgIpc) is 4.28. The molecule has 5 aliphatic rings. The van der Waals surface area contributed by atoms with Gasteiger partial charge in [-0.1, -0.05) is 50.2 Å². The van der Waals surface area contributed by atoms with Crippen molar-refractivity contribution in [2.75, 3.05) is 61.4 Å². The molecule has 0 radical (unpaired) electrons. The van der Waals surface area contributed by atoms with Crippen molar-refractivity contribution < 1.29 is 38.5 Å². The third-order valence-corrected chi connectivity index (χ3v) is 17.3. The van der Waals surface area contributed by atoms with Crippen molar-refractivity contribution in [2.45, 2.75) is 134 Å². The molecule has 4 aliphatic heterocycles. The number of hydrogen-bond acceptors (Lipinski definition) is 18. The fourth-order valence-corrected chi connectivity index (χ4v) is 12.9. The van der Waals surface area contributed by atoms with Gasteiger partial charge in [0.2, 0.25) is 17.7 Å². The number of pyridine rings is 1. The lowest BCUT2D eigenvalue weighted by atomic mass is 9.91. The number of anilines is 3. The minimum absolute atomic E-state index is 0.0565. The van der Waals surface area contributed by atoms with Crippen LogP contribution >= 0.6 is 11.3 Å². The van der Waals surface area contributed by atoms with Gasteiger partial charge in [0.05, 0.1) is 58.4 Å². The third kappa shape index (κ3) is 11.6. The Bertz CT molecular complexity index is 3020. The van der Waals surface area contributed by atoms with Crippen molar-refractivity contribution in [3.05, 3.63) is 102 Å². The number of aromatic hydroxyl groups is 1. The zero-order valence-corrected chi connectivity index (χ0v) is 45.6. The van der Waals surface area contributed by atoms with E-state index in [9.17, 15) is 19.8 Å². The number of piperazine rings is 1. The molecule has 1 aliphatic carbocycles. The maximum Gasteiger partial charge on any atom is 0.254 e. The van der Waals surface area contributed by atoms with Crippen molar-refractivity contribution in [1.82, 2.24) is 40.4 Å². The van der Waals surface area contributed by atoms with Crippen molar-refractivity contribution in [3.8, 4) is 39.2 Å². The fraction of sp³-hybridized carbons (Fsp3) is 0.500. The minimum Gasteiger partial charge on any atom is -0.507 e. The second-order valence-electron chi connectivity index (χ2n) is 22.1. The number of piperidine rings is 1. The van der Waals surface area contributed by atoms with Gasteiger partial charge in [0.15, 0.2) is 11.6 Å². The highest BCUT2D eigenvalue weighted by Gasteiger charge is 2.45. The van der Waals surface area contributed by atoms with E-state index in [1.54, 1.807) is 29.5 Å². The van der Waals surface area contributed by atoms with Gasteiger partial charge >= 0.3 is 0 Å². The number of phenols is 1. The van der Waals surface area contributed by atoms with E-state index in [2.05, 4.69) is 57.5 Å². The van der Waals surface area contributed by atoms with Crippen LogP contribution < -0.4 is 30.3 Å². The predicted octanol–water partition coefficient (Wildman–Crippen LogP) is 7.54. The molecule has 2 bridgehead atoms. The van der Waals surface area contributed by atoms with Gasteiger partial charge in [0, 0.05) is 100 Å². The monoisotopic (exact) mass is 1080 g/mol. The fourth-order valence-electron chi connectivity index (χ4n) is 12.1. The number of carbonyl (C=O) groups excluding carboxylic acids is 2. The van der Waals surface area contributed by atoms with Crippen LogP contribution in [0.3, 0.4) is 0 Å². The van der Waals surface area contributed by atoms with E-state index in [0.29, 0.717) is 53.3 Å². The summed E-state index contributed by atoms with van der Waals surface area (Å²) < 4.78 is 24.7. The normalized spacial score (nSPS) is 23.3. The highest BCUT2D eigenvalue weighted by atomic mass is 32.1. The van der Waals surface area contributed by atoms with E-state index in [1.807, 2.05) is 81.9 Å². The number of aliphatic hydroxyl groups excluding tert-OH is 1. The number of thiazole rings is 1. The molecule has 4 aromatic heterocycles. The summed E-state index contributed by atoms with van der Waals surface area (Å²) in [6.07, 6.45) is 8.22. The van der Waals surface area contributed by atoms with E-state index in [-0.39, 0.29) is 60.8 Å². The maximum absolute atomic E-state index is 14.2. The van der Waals surface area contributed by atoms with E-state index >= 15 is 0 Å². The first-order valence-electron chi connectivity index (χ1n) is 27.7. The van der Waals surface area contributed by atoms with Crippen molar-refractivity contribution in [2.24, 2.45) is 5.92 Å². The molecule has 412 valence electrons. The summed E-state index contributed by atoms with van der Waals surface area (Å²) in [6, 6.07) is 22.4. The SMILES string of the molecule is Cc1ncsc1-c1ccc([C@H](C)NC(=O)[C@@H]2C[C@@H](O)CN2C(=O)[C@@H](c2cc(OCCCN3CCC(OC4CC(Oc5cc(N6C7CC[C@@H]6CN(c6cc(-c8ccccc8O)nnc6N)C7)ccn5)C4)CC3)no2)C(C)C)cc1. The first kappa shape index (κ1) is 53.1. The van der Waals surface area contributed by atoms with Gasteiger partial charge in [0.25, 0.3) is 5.88 Å². The Hall–Kier alpha value is -6.87. The Balaban J connectivity index is 0.589. The number of nitrogen functional groups attached to an aromatic ring is 1. The molecule has 1 saturated carbocycles. The van der Waals surface area contributed by atoms with Crippen molar-refractivity contribution >= 4 is 40.3 Å². The van der Waals surface area contributed by atoms with E-state index < -0.39 is 18.1 Å². The zero-order valence-electron chi connectivity index (χ0n) is 44.8. The summed E-state index contributed by atoms with van der Waals surface area (Å²) in [7, 11) is 0. The number of para-hydroxylation sites is 1. The summed E-state index contributed by atoms with van der Waals surface area (Å²) in [6.45, 7) is 12.6. The zero-order chi connectivity index (χ0) is 54.0. The number of aliphatic hydroxyl groups is 1. The number of likely N-dealkylation sites (tertiary alicyclic amines) is 2. The maximum atomic E-state index is 14.2. The molecule has 19 nitrogen and oxygen atoms in total. The van der Waals surface area contributed by atoms with Crippen LogP contribution in [0.4, 0.5) is 17.2 Å². The smallest absolute Gasteiger partial charge is 0.254 e. The number of nitrogens with one attached hydrogen (secondary N) is 1. The molecule has 1 unspecified atom stereocenters. The first-order valence-corrected chi connectivity index (χ1v) is 28.5. The Morgan fingerprint density at radius 3 is 2.38 bits per heavy atom. The van der Waals surface area contributed by atoms with Crippen molar-refractivity contribution in [1.29, 1.82) is 0 Å². The number of ether oxygens (including phenoxy) is 3. The average molecular weight is 1080 g/mol. The second kappa shape index (κ2) is 23.2. The van der Waals surface area contributed by atoms with Crippen LogP contribution in [0, 0.1) is 12.8 Å². The molecule has 78 heavy (non-hydrogen) atoms. The lowest BCUT2D eigenvalue weighted by Crippen LogP contribution is -2.54. The highest BCUT2D eigenvalue weighted by molar-refractivity contribution is 7.13. The number of fused-ring (bicyclic) bond motifs is 2. The van der Waals surface area contributed by atoms with Gasteiger partial charge in [-0.2, -0.15) is 0 Å². The first-order chi connectivity index (χ1) is 37.8. The highest BCUT2D eigenvalue weighted by Crippen LogP contribution is 2.41. The molecular formula is C58H71N11O8S. The van der Waals surface area contributed by atoms with Crippen LogP contribution in [-0.4, -0.2) is 146 Å². The number of aromatic nitrogens is 5. The number of amides is 2. The number of nitrogens with two attached hydrogens (primary N) is 1. The van der Waals surface area contributed by atoms with E-state index in [0.717, 1.165) is 111 Å². The van der Waals surface area contributed by atoms with Gasteiger partial charge < -0.3 is 59.6 Å². The number of nitrogens with zero attached hydrogens (tertiary/aromatic N) is 9. The van der Waals surface area contributed by atoms with Crippen LogP contribution in [0.5, 0.6) is 17.5 Å². The molecule has 5 fully saturated rings. The number of carbonyl (C=O) groups is 2. The molecule has 8 heterocycles. The molecular weight excluding hydrogens is 1010 g/mol. The quantitative estimate of drug-likeness (QED) is 0.0574. The number of hydrogen-bond donors (Lipinski definition) is 4. The van der Waals surface area contributed by atoms with Crippen molar-refractivity contribution in [3.63, 3.8) is 0 Å². The second-order valence-corrected chi connectivity index (χ2v) is 22.9. The number of phenolic OH excluding ortho intramolecular Hbond substituents is 1. The van der Waals surface area contributed by atoms with E-state index in [1.165, 1.54) is 4.90 Å². The van der Waals surface area contributed by atoms with Gasteiger partial charge in [-0.3, -0.25) is 9.59 Å². The molecule has 4 saturated heterocycles. The van der Waals surface area contributed by atoms with Crippen LogP contribution in [0.2, 0.25) is 0 Å². The third-order valence-electron chi connectivity index (χ3n) is 16.3. The number of rotatable bonds is 19. The predicted molar refractivity (Wildman–Crippen MR) is 296 cm³/mol. The largest absolute Gasteiger partial charge is 0.507 e. The molecule has 2 amide bonds. The van der Waals surface area contributed by atoms with Crippen LogP contribution in [0.1, 0.15) is 101 Å². The van der Waals surface area contributed by atoms with Gasteiger partial charge in [0.1, 0.15) is 23.8 Å². The Kier molecular flexibility index (Phi) is 15.8. The van der Waals surface area contributed by atoms with Gasteiger partial charge in [-0.25, -0.2) is 9.97 Å². The van der Waals surface area contributed by atoms with Crippen LogP contribution in [0.25, 0.3) is 21.7 Å². The van der Waals surface area contributed by atoms with Gasteiger partial charge in [-0.15, -0.1) is 21.5 Å². The summed E-state index contributed by atoms with van der Waals surface area (Å²) in [5, 5.41) is 37.0. The molecule has 6 aromatic rings. The number of β-amino-alcohol motifs (C(OH)–C–C–N with tert-alkyl or cyclic N) is 1. The minimum atomic E-state index is -0.825. The number of benzene rings is 2. The lowest BCUT2D eigenvalue weighted by molar-refractivity contribution is -0.141. The van der Waals surface area contributed by atoms with Crippen LogP contribution in [-0.2, 0) is 14.3 Å². The molecule has 20 heteroatoms. The summed E-state index contributed by atoms with van der Waals surface area (Å²) in [4.78, 5) is 46.8. The van der Waals surface area contributed by atoms with Gasteiger partial charge in [-0.05, 0) is 92.4 Å². The Morgan fingerprint density at radius 2 is 1.65 bits per heavy atom. The van der Waals surface area contributed by atoms with Crippen LogP contribution in [0.15, 0.2) is 89.0 Å². The number of aryl methyl sites for hydroxylation is 1. The summed E-state index contributed by atoms with van der Waals surface area (Å²) >= 11 is 1.59. The molecule has 2 aromatic carbocycles. The Labute approximate surface area is 459 Å². The van der Waals surface area contributed by atoms with E-state index in [4.69, 9.17) is 24.5 Å². The Morgan fingerprint density at radius 1 is 0.885 bits per heavy atom.